The molecule has 1 amide bonds. The summed E-state index contributed by atoms with van der Waals surface area (Å²) in [5.74, 6) is 2.00. The van der Waals surface area contributed by atoms with Crippen molar-refractivity contribution in [2.75, 3.05) is 33.4 Å². The minimum Gasteiger partial charge on any atom is -0.497 e. The number of nitrogens with zero attached hydrogens (tertiary/aromatic N) is 1. The SMILES string of the molecule is CCN(CC)C(=O)COc1ccc(C(=O)c2oc3cc4c(cc3c2-c2ccc(OC)cc2)CCCO4)cc1. The zero-order chi connectivity index (χ0) is 26.6. The molecule has 1 aliphatic rings. The number of ketones is 1. The molecule has 7 nitrogen and oxygen atoms in total. The molecule has 0 bridgehead atoms. The first-order chi connectivity index (χ1) is 18.5. The molecule has 38 heavy (non-hydrogen) atoms. The van der Waals surface area contributed by atoms with E-state index < -0.39 is 0 Å². The standard InChI is InChI=1S/C31H31NO6/c1-4-32(5-2)28(33)19-37-24-14-10-21(11-15-24)30(34)31-29(20-8-12-23(35-3)13-9-20)25-17-22-7-6-16-36-26(22)18-27(25)38-31/h8-15,17-18H,4-7,16,19H2,1-3H3. The van der Waals surface area contributed by atoms with Crippen LogP contribution in [0.5, 0.6) is 17.2 Å². The summed E-state index contributed by atoms with van der Waals surface area (Å²) in [6.45, 7) is 5.76. The number of methoxy groups -OCH3 is 1. The van der Waals surface area contributed by atoms with Gasteiger partial charge in [-0.05, 0) is 80.3 Å². The van der Waals surface area contributed by atoms with Gasteiger partial charge < -0.3 is 23.5 Å². The molecule has 1 aliphatic heterocycles. The van der Waals surface area contributed by atoms with Crippen LogP contribution in [0.4, 0.5) is 0 Å². The quantitative estimate of drug-likeness (QED) is 0.259. The number of ether oxygens (including phenoxy) is 3. The molecular formula is C31H31NO6. The van der Waals surface area contributed by atoms with Crippen LogP contribution in [0.2, 0.25) is 0 Å². The van der Waals surface area contributed by atoms with Crippen LogP contribution in [0.3, 0.4) is 0 Å². The molecule has 0 radical (unpaired) electrons. The topological polar surface area (TPSA) is 78.2 Å². The number of amides is 1. The van der Waals surface area contributed by atoms with Crippen LogP contribution in [0.15, 0.2) is 65.1 Å². The second-order valence-electron chi connectivity index (χ2n) is 9.15. The molecule has 0 spiro atoms. The third kappa shape index (κ3) is 4.96. The number of carbonyl (C=O) groups is 2. The predicted molar refractivity (Wildman–Crippen MR) is 145 cm³/mol. The van der Waals surface area contributed by atoms with E-state index in [0.717, 1.165) is 46.4 Å². The zero-order valence-electron chi connectivity index (χ0n) is 21.9. The van der Waals surface area contributed by atoms with Crippen molar-refractivity contribution < 1.29 is 28.2 Å². The Morgan fingerprint density at radius 2 is 1.66 bits per heavy atom. The van der Waals surface area contributed by atoms with Crippen molar-refractivity contribution in [3.63, 3.8) is 0 Å². The molecule has 2 heterocycles. The lowest BCUT2D eigenvalue weighted by Crippen LogP contribution is -2.34. The summed E-state index contributed by atoms with van der Waals surface area (Å²) >= 11 is 0. The second-order valence-corrected chi connectivity index (χ2v) is 9.15. The van der Waals surface area contributed by atoms with Gasteiger partial charge in [-0.25, -0.2) is 0 Å². The molecule has 0 atom stereocenters. The maximum Gasteiger partial charge on any atom is 0.260 e. The fraction of sp³-hybridized carbons (Fsp3) is 0.290. The van der Waals surface area contributed by atoms with Gasteiger partial charge in [-0.2, -0.15) is 0 Å². The molecule has 196 valence electrons. The normalized spacial score (nSPS) is 12.5. The van der Waals surface area contributed by atoms with Gasteiger partial charge in [-0.1, -0.05) is 12.1 Å². The molecule has 0 saturated carbocycles. The maximum atomic E-state index is 13.7. The minimum absolute atomic E-state index is 0.0487. The number of furan rings is 1. The highest BCUT2D eigenvalue weighted by Gasteiger charge is 2.25. The number of aryl methyl sites for hydroxylation is 1. The molecule has 0 unspecified atom stereocenters. The van der Waals surface area contributed by atoms with Crippen molar-refractivity contribution in [3.05, 3.63) is 77.6 Å². The smallest absolute Gasteiger partial charge is 0.260 e. The molecule has 4 aromatic rings. The average Bonchev–Trinajstić information content (AvgIpc) is 3.33. The van der Waals surface area contributed by atoms with Crippen molar-refractivity contribution >= 4 is 22.7 Å². The lowest BCUT2D eigenvalue weighted by atomic mass is 9.95. The van der Waals surface area contributed by atoms with Crippen LogP contribution in [-0.4, -0.2) is 50.0 Å². The van der Waals surface area contributed by atoms with E-state index in [4.69, 9.17) is 18.6 Å². The maximum absolute atomic E-state index is 13.7. The van der Waals surface area contributed by atoms with E-state index in [1.807, 2.05) is 44.2 Å². The van der Waals surface area contributed by atoms with E-state index in [1.165, 1.54) is 0 Å². The third-order valence-corrected chi connectivity index (χ3v) is 6.90. The Labute approximate surface area is 221 Å². The molecule has 0 saturated heterocycles. The summed E-state index contributed by atoms with van der Waals surface area (Å²) in [5, 5.41) is 0.873. The van der Waals surface area contributed by atoms with Crippen LogP contribution < -0.4 is 14.2 Å². The van der Waals surface area contributed by atoms with E-state index in [9.17, 15) is 9.59 Å². The zero-order valence-corrected chi connectivity index (χ0v) is 21.9. The highest BCUT2D eigenvalue weighted by molar-refractivity contribution is 6.16. The minimum atomic E-state index is -0.239. The number of benzene rings is 3. The van der Waals surface area contributed by atoms with Gasteiger partial charge in [0, 0.05) is 35.7 Å². The van der Waals surface area contributed by atoms with Gasteiger partial charge in [0.15, 0.2) is 12.4 Å². The van der Waals surface area contributed by atoms with Crippen LogP contribution >= 0.6 is 0 Å². The number of fused-ring (bicyclic) bond motifs is 2. The monoisotopic (exact) mass is 513 g/mol. The van der Waals surface area contributed by atoms with Gasteiger partial charge in [0.1, 0.15) is 22.8 Å². The van der Waals surface area contributed by atoms with E-state index >= 15 is 0 Å². The van der Waals surface area contributed by atoms with E-state index in [1.54, 1.807) is 36.3 Å². The Hall–Kier alpha value is -4.26. The molecule has 0 N–H and O–H groups in total. The molecule has 3 aromatic carbocycles. The Bertz CT molecular complexity index is 1450. The first kappa shape index (κ1) is 25.4. The predicted octanol–water partition coefficient (Wildman–Crippen LogP) is 5.91. The van der Waals surface area contributed by atoms with Gasteiger partial charge >= 0.3 is 0 Å². The molecule has 5 rings (SSSR count). The second kappa shape index (κ2) is 11.0. The molecule has 0 aliphatic carbocycles. The molecular weight excluding hydrogens is 482 g/mol. The van der Waals surface area contributed by atoms with Crippen molar-refractivity contribution in [1.82, 2.24) is 4.90 Å². The number of hydrogen-bond donors (Lipinski definition) is 0. The van der Waals surface area contributed by atoms with Crippen LogP contribution in [0.25, 0.3) is 22.1 Å². The van der Waals surface area contributed by atoms with Crippen molar-refractivity contribution in [1.29, 1.82) is 0 Å². The van der Waals surface area contributed by atoms with Gasteiger partial charge in [0.25, 0.3) is 5.91 Å². The first-order valence-electron chi connectivity index (χ1n) is 12.9. The summed E-state index contributed by atoms with van der Waals surface area (Å²) < 4.78 is 23.0. The molecule has 7 heteroatoms. The summed E-state index contributed by atoms with van der Waals surface area (Å²) in [6, 6.07) is 18.4. The van der Waals surface area contributed by atoms with Gasteiger partial charge in [-0.15, -0.1) is 0 Å². The molecule has 1 aromatic heterocycles. The average molecular weight is 514 g/mol. The van der Waals surface area contributed by atoms with Crippen molar-refractivity contribution in [3.8, 4) is 28.4 Å². The Morgan fingerprint density at radius 3 is 2.34 bits per heavy atom. The van der Waals surface area contributed by atoms with Crippen molar-refractivity contribution in [2.45, 2.75) is 26.7 Å². The van der Waals surface area contributed by atoms with Crippen LogP contribution in [-0.2, 0) is 11.2 Å². The molecule has 0 fully saturated rings. The third-order valence-electron chi connectivity index (χ3n) is 6.90. The van der Waals surface area contributed by atoms with Gasteiger partial charge in [0.2, 0.25) is 5.78 Å². The summed E-state index contributed by atoms with van der Waals surface area (Å²) in [5.41, 5.74) is 3.78. The summed E-state index contributed by atoms with van der Waals surface area (Å²) in [6.07, 6.45) is 1.87. The van der Waals surface area contributed by atoms with Gasteiger partial charge in [-0.3, -0.25) is 9.59 Å². The Morgan fingerprint density at radius 1 is 0.947 bits per heavy atom. The highest BCUT2D eigenvalue weighted by Crippen LogP contribution is 2.40. The summed E-state index contributed by atoms with van der Waals surface area (Å²) in [7, 11) is 1.62. The largest absolute Gasteiger partial charge is 0.497 e. The number of likely N-dealkylation sites (N-methyl/N-ethyl adjacent to an activating group) is 1. The van der Waals surface area contributed by atoms with Gasteiger partial charge in [0.05, 0.1) is 13.7 Å². The van der Waals surface area contributed by atoms with E-state index in [0.29, 0.717) is 36.6 Å². The lowest BCUT2D eigenvalue weighted by Gasteiger charge is -2.18. The lowest BCUT2D eigenvalue weighted by molar-refractivity contribution is -0.132. The fourth-order valence-corrected chi connectivity index (χ4v) is 4.79. The summed E-state index contributed by atoms with van der Waals surface area (Å²) in [4.78, 5) is 27.7. The van der Waals surface area contributed by atoms with E-state index in [2.05, 4.69) is 6.07 Å². The highest BCUT2D eigenvalue weighted by atomic mass is 16.5. The first-order valence-corrected chi connectivity index (χ1v) is 12.9. The number of carbonyl (C=O) groups excluding carboxylic acids is 2. The van der Waals surface area contributed by atoms with E-state index in [-0.39, 0.29) is 24.1 Å². The Balaban J connectivity index is 1.48. The van der Waals surface area contributed by atoms with Crippen LogP contribution in [0.1, 0.15) is 41.9 Å². The number of rotatable bonds is 9. The fourth-order valence-electron chi connectivity index (χ4n) is 4.79. The number of hydrogen-bond acceptors (Lipinski definition) is 6. The Kier molecular flexibility index (Phi) is 7.36. The van der Waals surface area contributed by atoms with Crippen LogP contribution in [0, 0.1) is 0 Å². The van der Waals surface area contributed by atoms with Crippen molar-refractivity contribution in [2.24, 2.45) is 0 Å².